The van der Waals surface area contributed by atoms with Crippen molar-refractivity contribution in [3.8, 4) is 0 Å². The lowest BCUT2D eigenvalue weighted by Gasteiger charge is -2.08. The molecule has 94 valence electrons. The van der Waals surface area contributed by atoms with Crippen LogP contribution < -0.4 is 5.32 Å². The molecule has 0 aliphatic carbocycles. The monoisotopic (exact) mass is 270 g/mol. The molecule has 0 saturated heterocycles. The highest BCUT2D eigenvalue weighted by Crippen LogP contribution is 2.22. The van der Waals surface area contributed by atoms with Crippen LogP contribution in [0.3, 0.4) is 0 Å². The molecule has 0 aliphatic heterocycles. The molecule has 0 amide bonds. The molecule has 0 fully saturated rings. The van der Waals surface area contributed by atoms with Crippen molar-refractivity contribution < 1.29 is 0 Å². The van der Waals surface area contributed by atoms with Gasteiger partial charge in [-0.1, -0.05) is 12.1 Å². The summed E-state index contributed by atoms with van der Waals surface area (Å²) in [5.41, 5.74) is 1.97. The van der Waals surface area contributed by atoms with Crippen molar-refractivity contribution in [3.05, 3.63) is 59.6 Å². The summed E-state index contributed by atoms with van der Waals surface area (Å²) in [4.78, 5) is 12.4. The smallest absolute Gasteiger partial charge is 0.224 e. The van der Waals surface area contributed by atoms with Crippen LogP contribution in [-0.4, -0.2) is 15.0 Å². The summed E-state index contributed by atoms with van der Waals surface area (Å²) in [6, 6.07) is 11.7. The number of pyridine rings is 1. The van der Waals surface area contributed by atoms with Crippen LogP contribution in [0, 0.1) is 0 Å². The van der Waals surface area contributed by atoms with E-state index in [2.05, 4.69) is 20.3 Å². The van der Waals surface area contributed by atoms with E-state index in [9.17, 15) is 0 Å². The van der Waals surface area contributed by atoms with Crippen LogP contribution in [0.1, 0.15) is 5.56 Å². The largest absolute Gasteiger partial charge is 0.365 e. The van der Waals surface area contributed by atoms with Crippen molar-refractivity contribution in [2.75, 3.05) is 5.32 Å². The lowest BCUT2D eigenvalue weighted by molar-refractivity contribution is 1.09. The number of fused-ring (bicyclic) bond motifs is 1. The third-order valence-corrected chi connectivity index (χ3v) is 2.95. The summed E-state index contributed by atoms with van der Waals surface area (Å²) in [6.07, 6.45) is 3.53. The molecule has 0 radical (unpaired) electrons. The molecule has 0 unspecified atom stereocenters. The van der Waals surface area contributed by atoms with Crippen molar-refractivity contribution >= 4 is 28.3 Å². The van der Waals surface area contributed by atoms with E-state index in [1.54, 1.807) is 12.4 Å². The Balaban J connectivity index is 1.92. The van der Waals surface area contributed by atoms with E-state index < -0.39 is 0 Å². The van der Waals surface area contributed by atoms with Gasteiger partial charge < -0.3 is 5.32 Å². The second kappa shape index (κ2) is 5.20. The van der Waals surface area contributed by atoms with Crippen LogP contribution >= 0.6 is 11.6 Å². The molecule has 3 aromatic rings. The van der Waals surface area contributed by atoms with Gasteiger partial charge in [0.1, 0.15) is 5.82 Å². The van der Waals surface area contributed by atoms with E-state index in [4.69, 9.17) is 11.6 Å². The fourth-order valence-electron chi connectivity index (χ4n) is 1.87. The minimum Gasteiger partial charge on any atom is -0.365 e. The highest BCUT2D eigenvalue weighted by molar-refractivity contribution is 6.28. The van der Waals surface area contributed by atoms with Gasteiger partial charge in [-0.2, -0.15) is 0 Å². The Morgan fingerprint density at radius 2 is 1.79 bits per heavy atom. The second-order valence-electron chi connectivity index (χ2n) is 4.07. The van der Waals surface area contributed by atoms with Gasteiger partial charge >= 0.3 is 0 Å². The molecule has 5 heteroatoms. The van der Waals surface area contributed by atoms with E-state index in [0.29, 0.717) is 6.54 Å². The van der Waals surface area contributed by atoms with Gasteiger partial charge in [-0.05, 0) is 41.4 Å². The maximum absolute atomic E-state index is 5.93. The predicted octanol–water partition coefficient (Wildman–Crippen LogP) is 3.29. The Labute approximate surface area is 115 Å². The number of aromatic nitrogens is 3. The number of nitrogens with one attached hydrogen (secondary N) is 1. The normalized spacial score (nSPS) is 10.6. The number of rotatable bonds is 3. The van der Waals surface area contributed by atoms with E-state index in [-0.39, 0.29) is 5.28 Å². The zero-order valence-corrected chi connectivity index (χ0v) is 10.8. The number of nitrogens with zero attached hydrogens (tertiary/aromatic N) is 3. The lowest BCUT2D eigenvalue weighted by Crippen LogP contribution is -2.03. The molecule has 2 aromatic heterocycles. The molecule has 0 atom stereocenters. The molecule has 19 heavy (non-hydrogen) atoms. The van der Waals surface area contributed by atoms with Crippen molar-refractivity contribution in [1.29, 1.82) is 0 Å². The van der Waals surface area contributed by atoms with E-state index in [1.165, 1.54) is 0 Å². The Bertz CT molecular complexity index is 700. The number of halogens is 1. The van der Waals surface area contributed by atoms with Crippen LogP contribution in [0.5, 0.6) is 0 Å². The van der Waals surface area contributed by atoms with Crippen molar-refractivity contribution in [3.63, 3.8) is 0 Å². The minimum absolute atomic E-state index is 0.246. The summed E-state index contributed by atoms with van der Waals surface area (Å²) < 4.78 is 0. The Kier molecular flexibility index (Phi) is 3.25. The highest BCUT2D eigenvalue weighted by Gasteiger charge is 2.05. The average Bonchev–Trinajstić information content (AvgIpc) is 2.45. The van der Waals surface area contributed by atoms with E-state index in [0.717, 1.165) is 22.3 Å². The van der Waals surface area contributed by atoms with Gasteiger partial charge in [-0.3, -0.25) is 4.98 Å². The first-order chi connectivity index (χ1) is 9.33. The Morgan fingerprint density at radius 3 is 2.63 bits per heavy atom. The zero-order chi connectivity index (χ0) is 13.1. The lowest BCUT2D eigenvalue weighted by atomic mass is 10.2. The van der Waals surface area contributed by atoms with Crippen molar-refractivity contribution in [2.24, 2.45) is 0 Å². The van der Waals surface area contributed by atoms with Crippen LogP contribution in [0.4, 0.5) is 5.82 Å². The first-order valence-electron chi connectivity index (χ1n) is 5.88. The molecule has 0 bridgehead atoms. The Morgan fingerprint density at radius 1 is 1.00 bits per heavy atom. The minimum atomic E-state index is 0.246. The third kappa shape index (κ3) is 2.63. The quantitative estimate of drug-likeness (QED) is 0.742. The number of para-hydroxylation sites is 1. The molecule has 3 rings (SSSR count). The topological polar surface area (TPSA) is 50.7 Å². The van der Waals surface area contributed by atoms with Crippen molar-refractivity contribution in [2.45, 2.75) is 6.54 Å². The molecule has 4 nitrogen and oxygen atoms in total. The average molecular weight is 271 g/mol. The summed E-state index contributed by atoms with van der Waals surface area (Å²) in [5, 5.41) is 4.49. The van der Waals surface area contributed by atoms with Crippen LogP contribution in [-0.2, 0) is 6.54 Å². The van der Waals surface area contributed by atoms with Gasteiger partial charge in [-0.25, -0.2) is 9.97 Å². The van der Waals surface area contributed by atoms with E-state index in [1.807, 2.05) is 36.4 Å². The number of hydrogen-bond acceptors (Lipinski definition) is 4. The molecule has 0 aliphatic rings. The second-order valence-corrected chi connectivity index (χ2v) is 4.41. The summed E-state index contributed by atoms with van der Waals surface area (Å²) in [5.74, 6) is 0.743. The van der Waals surface area contributed by atoms with E-state index >= 15 is 0 Å². The summed E-state index contributed by atoms with van der Waals surface area (Å²) >= 11 is 5.93. The predicted molar refractivity (Wildman–Crippen MR) is 76.1 cm³/mol. The van der Waals surface area contributed by atoms with Gasteiger partial charge in [0, 0.05) is 24.3 Å². The van der Waals surface area contributed by atoms with Gasteiger partial charge in [0.25, 0.3) is 0 Å². The number of benzene rings is 1. The maximum atomic E-state index is 5.93. The fraction of sp³-hybridized carbons (Fsp3) is 0.0714. The summed E-state index contributed by atoms with van der Waals surface area (Å²) in [6.45, 7) is 0.667. The highest BCUT2D eigenvalue weighted by atomic mass is 35.5. The first kappa shape index (κ1) is 11.9. The van der Waals surface area contributed by atoms with Crippen LogP contribution in [0.15, 0.2) is 48.8 Å². The molecule has 2 heterocycles. The Hall–Kier alpha value is -2.20. The van der Waals surface area contributed by atoms with Crippen LogP contribution in [0.2, 0.25) is 5.28 Å². The van der Waals surface area contributed by atoms with Crippen LogP contribution in [0.25, 0.3) is 10.9 Å². The molecule has 1 aromatic carbocycles. The SMILES string of the molecule is Clc1nc(NCc2ccncc2)c2ccccc2n1. The fourth-order valence-corrected chi connectivity index (χ4v) is 2.05. The number of anilines is 1. The first-order valence-corrected chi connectivity index (χ1v) is 6.26. The van der Waals surface area contributed by atoms with Gasteiger partial charge in [-0.15, -0.1) is 0 Å². The molecule has 0 saturated carbocycles. The maximum Gasteiger partial charge on any atom is 0.224 e. The standard InChI is InChI=1S/C14H11ClN4/c15-14-18-12-4-2-1-3-11(12)13(19-14)17-9-10-5-7-16-8-6-10/h1-8H,9H2,(H,17,18,19). The van der Waals surface area contributed by atoms with Gasteiger partial charge in [0.15, 0.2) is 0 Å². The molecular weight excluding hydrogens is 260 g/mol. The third-order valence-electron chi connectivity index (χ3n) is 2.79. The summed E-state index contributed by atoms with van der Waals surface area (Å²) in [7, 11) is 0. The van der Waals surface area contributed by atoms with Crippen molar-refractivity contribution in [1.82, 2.24) is 15.0 Å². The number of hydrogen-bond donors (Lipinski definition) is 1. The zero-order valence-electron chi connectivity index (χ0n) is 10.0. The molecular formula is C14H11ClN4. The van der Waals surface area contributed by atoms with Gasteiger partial charge in [0.05, 0.1) is 5.52 Å². The molecule has 1 N–H and O–H groups in total. The molecule has 0 spiro atoms. The van der Waals surface area contributed by atoms with Gasteiger partial charge in [0.2, 0.25) is 5.28 Å².